The van der Waals surface area contributed by atoms with E-state index in [2.05, 4.69) is 24.5 Å². The van der Waals surface area contributed by atoms with Crippen molar-refractivity contribution >= 4 is 18.3 Å². The van der Waals surface area contributed by atoms with Gasteiger partial charge in [-0.1, -0.05) is 13.8 Å². The number of carbonyl (C=O) groups is 1. The van der Waals surface area contributed by atoms with Gasteiger partial charge < -0.3 is 10.6 Å². The van der Waals surface area contributed by atoms with Gasteiger partial charge in [-0.25, -0.2) is 0 Å². The molecule has 13 heavy (non-hydrogen) atoms. The van der Waals surface area contributed by atoms with Crippen LogP contribution in [-0.2, 0) is 4.79 Å². The lowest BCUT2D eigenvalue weighted by atomic mass is 9.97. The first kappa shape index (κ1) is 12.7. The Labute approximate surface area is 86.1 Å². The molecule has 1 fully saturated rings. The van der Waals surface area contributed by atoms with E-state index in [9.17, 15) is 4.79 Å². The largest absolute Gasteiger partial charge is 0.356 e. The molecule has 1 heterocycles. The Morgan fingerprint density at radius 3 is 2.69 bits per heavy atom. The third kappa shape index (κ3) is 3.53. The number of nitrogens with one attached hydrogen (secondary N) is 2. The van der Waals surface area contributed by atoms with Crippen LogP contribution in [0.3, 0.4) is 0 Å². The average molecular weight is 207 g/mol. The lowest BCUT2D eigenvalue weighted by Crippen LogP contribution is -2.34. The zero-order chi connectivity index (χ0) is 8.97. The minimum atomic E-state index is 0. The molecule has 0 spiro atoms. The van der Waals surface area contributed by atoms with Crippen molar-refractivity contribution in [1.29, 1.82) is 0 Å². The van der Waals surface area contributed by atoms with Crippen LogP contribution in [0.1, 0.15) is 20.3 Å². The van der Waals surface area contributed by atoms with Crippen molar-refractivity contribution in [2.75, 3.05) is 19.6 Å². The second kappa shape index (κ2) is 6.22. The van der Waals surface area contributed by atoms with Gasteiger partial charge in [0.05, 0.1) is 5.92 Å². The van der Waals surface area contributed by atoms with Crippen molar-refractivity contribution in [3.05, 3.63) is 0 Å². The third-order valence-electron chi connectivity index (χ3n) is 2.40. The molecular formula is C9H19ClN2O. The van der Waals surface area contributed by atoms with E-state index in [1.165, 1.54) is 0 Å². The summed E-state index contributed by atoms with van der Waals surface area (Å²) in [6, 6.07) is 0. The smallest absolute Gasteiger partial charge is 0.224 e. The van der Waals surface area contributed by atoms with E-state index in [-0.39, 0.29) is 24.2 Å². The molecular weight excluding hydrogens is 188 g/mol. The van der Waals surface area contributed by atoms with Gasteiger partial charge in [-0.05, 0) is 18.9 Å². The van der Waals surface area contributed by atoms with Gasteiger partial charge in [-0.2, -0.15) is 0 Å². The molecule has 1 amide bonds. The van der Waals surface area contributed by atoms with E-state index in [1.54, 1.807) is 0 Å². The van der Waals surface area contributed by atoms with Crippen LogP contribution in [0.5, 0.6) is 0 Å². The second-order valence-electron chi connectivity index (χ2n) is 3.53. The Bertz CT molecular complexity index is 164. The van der Waals surface area contributed by atoms with Crippen LogP contribution in [0.15, 0.2) is 0 Å². The van der Waals surface area contributed by atoms with E-state index in [1.807, 2.05) is 0 Å². The molecule has 0 bridgehead atoms. The number of amides is 1. The Hall–Kier alpha value is -0.280. The summed E-state index contributed by atoms with van der Waals surface area (Å²) in [7, 11) is 0. The highest BCUT2D eigenvalue weighted by molar-refractivity contribution is 5.85. The normalized spacial score (nSPS) is 26.6. The maximum atomic E-state index is 11.5. The van der Waals surface area contributed by atoms with Crippen LogP contribution in [-0.4, -0.2) is 25.5 Å². The molecule has 1 aliphatic heterocycles. The number of hydrogen-bond acceptors (Lipinski definition) is 2. The monoisotopic (exact) mass is 206 g/mol. The SMILES string of the molecule is CCCNC(=O)[C@@H]1CNC[C@H]1C.Cl. The maximum absolute atomic E-state index is 11.5. The minimum Gasteiger partial charge on any atom is -0.356 e. The van der Waals surface area contributed by atoms with E-state index < -0.39 is 0 Å². The van der Waals surface area contributed by atoms with Crippen LogP contribution in [0.4, 0.5) is 0 Å². The summed E-state index contributed by atoms with van der Waals surface area (Å²) in [4.78, 5) is 11.5. The van der Waals surface area contributed by atoms with Crippen LogP contribution in [0.25, 0.3) is 0 Å². The standard InChI is InChI=1S/C9H18N2O.ClH/c1-3-4-11-9(12)8-6-10-5-7(8)2;/h7-8,10H,3-6H2,1-2H3,(H,11,12);1H/t7-,8-;/m1./s1. The molecule has 0 saturated carbocycles. The Morgan fingerprint density at radius 2 is 2.23 bits per heavy atom. The number of hydrogen-bond donors (Lipinski definition) is 2. The zero-order valence-corrected chi connectivity index (χ0v) is 9.12. The van der Waals surface area contributed by atoms with Gasteiger partial charge in [0.2, 0.25) is 5.91 Å². The van der Waals surface area contributed by atoms with E-state index in [0.29, 0.717) is 5.92 Å². The molecule has 3 nitrogen and oxygen atoms in total. The fourth-order valence-corrected chi connectivity index (χ4v) is 1.54. The summed E-state index contributed by atoms with van der Waals surface area (Å²) in [6.07, 6.45) is 1.01. The predicted octanol–water partition coefficient (Wildman–Crippen LogP) is 0.790. The first-order valence-electron chi connectivity index (χ1n) is 4.74. The van der Waals surface area contributed by atoms with Crippen molar-refractivity contribution < 1.29 is 4.79 Å². The van der Waals surface area contributed by atoms with Crippen LogP contribution >= 0.6 is 12.4 Å². The fraction of sp³-hybridized carbons (Fsp3) is 0.889. The summed E-state index contributed by atoms with van der Waals surface area (Å²) >= 11 is 0. The number of halogens is 1. The molecule has 4 heteroatoms. The van der Waals surface area contributed by atoms with E-state index in [4.69, 9.17) is 0 Å². The molecule has 78 valence electrons. The summed E-state index contributed by atoms with van der Waals surface area (Å²) in [5, 5.41) is 6.14. The summed E-state index contributed by atoms with van der Waals surface area (Å²) in [5.41, 5.74) is 0. The quantitative estimate of drug-likeness (QED) is 0.717. The van der Waals surface area contributed by atoms with E-state index in [0.717, 1.165) is 26.1 Å². The third-order valence-corrected chi connectivity index (χ3v) is 2.40. The lowest BCUT2D eigenvalue weighted by molar-refractivity contribution is -0.125. The molecule has 1 saturated heterocycles. The van der Waals surface area contributed by atoms with Gasteiger partial charge in [0.15, 0.2) is 0 Å². The summed E-state index contributed by atoms with van der Waals surface area (Å²) in [6.45, 7) is 6.82. The molecule has 1 aliphatic rings. The van der Waals surface area contributed by atoms with Gasteiger partial charge >= 0.3 is 0 Å². The van der Waals surface area contributed by atoms with Crippen LogP contribution in [0, 0.1) is 11.8 Å². The molecule has 1 rings (SSSR count). The minimum absolute atomic E-state index is 0. The van der Waals surface area contributed by atoms with Gasteiger partial charge in [-0.3, -0.25) is 4.79 Å². The van der Waals surface area contributed by atoms with Gasteiger partial charge in [0.25, 0.3) is 0 Å². The lowest BCUT2D eigenvalue weighted by Gasteiger charge is -2.13. The van der Waals surface area contributed by atoms with Crippen LogP contribution < -0.4 is 10.6 Å². The highest BCUT2D eigenvalue weighted by Crippen LogP contribution is 2.15. The molecule has 2 atom stereocenters. The highest BCUT2D eigenvalue weighted by atomic mass is 35.5. The molecule has 0 unspecified atom stereocenters. The summed E-state index contributed by atoms with van der Waals surface area (Å²) < 4.78 is 0. The Balaban J connectivity index is 0.00000144. The van der Waals surface area contributed by atoms with Gasteiger partial charge in [0, 0.05) is 13.1 Å². The Morgan fingerprint density at radius 1 is 1.54 bits per heavy atom. The first-order valence-corrected chi connectivity index (χ1v) is 4.74. The average Bonchev–Trinajstić information content (AvgIpc) is 2.47. The fourth-order valence-electron chi connectivity index (χ4n) is 1.54. The van der Waals surface area contributed by atoms with Crippen molar-refractivity contribution in [2.24, 2.45) is 11.8 Å². The van der Waals surface area contributed by atoms with Crippen molar-refractivity contribution in [3.8, 4) is 0 Å². The zero-order valence-electron chi connectivity index (χ0n) is 8.30. The molecule has 0 radical (unpaired) electrons. The van der Waals surface area contributed by atoms with Crippen molar-refractivity contribution in [1.82, 2.24) is 10.6 Å². The molecule has 2 N–H and O–H groups in total. The van der Waals surface area contributed by atoms with Gasteiger partial charge in [0.1, 0.15) is 0 Å². The van der Waals surface area contributed by atoms with Crippen molar-refractivity contribution in [3.63, 3.8) is 0 Å². The number of carbonyl (C=O) groups excluding carboxylic acids is 1. The summed E-state index contributed by atoms with van der Waals surface area (Å²) in [5.74, 6) is 0.896. The topological polar surface area (TPSA) is 41.1 Å². The molecule has 0 aromatic heterocycles. The van der Waals surface area contributed by atoms with Crippen LogP contribution in [0.2, 0.25) is 0 Å². The van der Waals surface area contributed by atoms with Crippen molar-refractivity contribution in [2.45, 2.75) is 20.3 Å². The van der Waals surface area contributed by atoms with Gasteiger partial charge in [-0.15, -0.1) is 12.4 Å². The molecule has 0 aromatic rings. The molecule has 0 aromatic carbocycles. The Kier molecular flexibility index (Phi) is 6.08. The van der Waals surface area contributed by atoms with E-state index >= 15 is 0 Å². The molecule has 0 aliphatic carbocycles. The highest BCUT2D eigenvalue weighted by Gasteiger charge is 2.28. The second-order valence-corrected chi connectivity index (χ2v) is 3.53. The predicted molar refractivity (Wildman–Crippen MR) is 56.1 cm³/mol. The first-order chi connectivity index (χ1) is 5.75. The number of rotatable bonds is 3. The maximum Gasteiger partial charge on any atom is 0.224 e.